The van der Waals surface area contributed by atoms with Gasteiger partial charge in [0, 0.05) is 13.2 Å². The van der Waals surface area contributed by atoms with Gasteiger partial charge in [-0.05, 0) is 36.3 Å². The van der Waals surface area contributed by atoms with Gasteiger partial charge in [-0.2, -0.15) is 0 Å². The van der Waals surface area contributed by atoms with Crippen molar-refractivity contribution in [2.75, 3.05) is 13.7 Å². The number of rotatable bonds is 7. The number of nitrogens with two attached hydrogens (primary N) is 1. The molecule has 1 atom stereocenters. The van der Waals surface area contributed by atoms with Gasteiger partial charge in [0.2, 0.25) is 0 Å². The van der Waals surface area contributed by atoms with Crippen molar-refractivity contribution in [1.29, 1.82) is 0 Å². The summed E-state index contributed by atoms with van der Waals surface area (Å²) < 4.78 is 5.10. The van der Waals surface area contributed by atoms with E-state index >= 15 is 0 Å². The van der Waals surface area contributed by atoms with Gasteiger partial charge >= 0.3 is 0 Å². The van der Waals surface area contributed by atoms with Gasteiger partial charge < -0.3 is 10.5 Å². The lowest BCUT2D eigenvalue weighted by molar-refractivity contribution is 0.202. The van der Waals surface area contributed by atoms with Gasteiger partial charge in [0.05, 0.1) is 6.61 Å². The average molecular weight is 275 g/mol. The number of methoxy groups -OCH3 is 1. The Balaban J connectivity index is 1.77. The molecule has 1 saturated carbocycles. The fraction of sp³-hybridized carbons (Fsp3) is 0.667. The van der Waals surface area contributed by atoms with Crippen molar-refractivity contribution in [3.8, 4) is 0 Å². The van der Waals surface area contributed by atoms with Crippen LogP contribution >= 0.6 is 0 Å². The summed E-state index contributed by atoms with van der Waals surface area (Å²) in [5.41, 5.74) is 8.95. The van der Waals surface area contributed by atoms with Crippen LogP contribution < -0.4 is 5.73 Å². The maximum Gasteiger partial charge on any atom is 0.0502 e. The molecule has 1 aromatic carbocycles. The molecule has 2 nitrogen and oxygen atoms in total. The summed E-state index contributed by atoms with van der Waals surface area (Å²) in [6.07, 6.45) is 10.5. The van der Waals surface area contributed by atoms with E-state index in [4.69, 9.17) is 10.5 Å². The molecule has 0 aromatic heterocycles. The van der Waals surface area contributed by atoms with Crippen molar-refractivity contribution in [3.63, 3.8) is 0 Å². The van der Waals surface area contributed by atoms with Gasteiger partial charge in [0.15, 0.2) is 0 Å². The van der Waals surface area contributed by atoms with Crippen LogP contribution in [0.3, 0.4) is 0 Å². The van der Waals surface area contributed by atoms with Crippen LogP contribution in [-0.4, -0.2) is 13.7 Å². The Kier molecular flexibility index (Phi) is 6.55. The second-order valence-electron chi connectivity index (χ2n) is 6.17. The number of hydrogen-bond donors (Lipinski definition) is 1. The maximum absolute atomic E-state index is 6.34. The monoisotopic (exact) mass is 275 g/mol. The van der Waals surface area contributed by atoms with E-state index in [0.717, 1.165) is 25.4 Å². The molecule has 1 aromatic rings. The van der Waals surface area contributed by atoms with Crippen molar-refractivity contribution in [3.05, 3.63) is 35.4 Å². The molecule has 112 valence electrons. The number of ether oxygens (including phenoxy) is 1. The van der Waals surface area contributed by atoms with Gasteiger partial charge in [-0.3, -0.25) is 0 Å². The third-order valence-corrected chi connectivity index (χ3v) is 4.61. The quantitative estimate of drug-likeness (QED) is 0.808. The Bertz CT molecular complexity index is 368. The summed E-state index contributed by atoms with van der Waals surface area (Å²) in [5, 5.41) is 0. The SMILES string of the molecule is COCCc1ccc(C(N)CCC2CCCCC2)cc1. The normalized spacial score (nSPS) is 18.1. The van der Waals surface area contributed by atoms with Crippen LogP contribution in [0.4, 0.5) is 0 Å². The summed E-state index contributed by atoms with van der Waals surface area (Å²) in [4.78, 5) is 0. The molecular weight excluding hydrogens is 246 g/mol. The highest BCUT2D eigenvalue weighted by molar-refractivity contribution is 5.25. The van der Waals surface area contributed by atoms with Gasteiger partial charge in [-0.25, -0.2) is 0 Å². The molecule has 0 amide bonds. The Morgan fingerprint density at radius 1 is 1.15 bits per heavy atom. The molecule has 2 N–H and O–H groups in total. The van der Waals surface area contributed by atoms with Crippen molar-refractivity contribution < 1.29 is 4.74 Å². The van der Waals surface area contributed by atoms with E-state index in [2.05, 4.69) is 24.3 Å². The van der Waals surface area contributed by atoms with E-state index in [1.165, 1.54) is 49.7 Å². The molecule has 0 aliphatic heterocycles. The lowest BCUT2D eigenvalue weighted by atomic mass is 9.84. The minimum absolute atomic E-state index is 0.202. The Hall–Kier alpha value is -0.860. The standard InChI is InChI=1S/C18H29NO/c1-20-14-13-16-7-10-17(11-8-16)18(19)12-9-15-5-3-2-4-6-15/h7-8,10-11,15,18H,2-6,9,12-14,19H2,1H3. The molecule has 0 saturated heterocycles. The van der Waals surface area contributed by atoms with Gasteiger partial charge in [-0.15, -0.1) is 0 Å². The molecule has 1 unspecified atom stereocenters. The van der Waals surface area contributed by atoms with E-state index in [1.54, 1.807) is 7.11 Å². The van der Waals surface area contributed by atoms with Crippen molar-refractivity contribution >= 4 is 0 Å². The summed E-state index contributed by atoms with van der Waals surface area (Å²) in [7, 11) is 1.75. The first-order chi connectivity index (χ1) is 9.79. The zero-order valence-corrected chi connectivity index (χ0v) is 12.8. The Labute approximate surface area is 123 Å². The van der Waals surface area contributed by atoms with E-state index < -0.39 is 0 Å². The molecule has 1 aliphatic rings. The highest BCUT2D eigenvalue weighted by Gasteiger charge is 2.15. The van der Waals surface area contributed by atoms with Crippen LogP contribution in [0.5, 0.6) is 0 Å². The molecule has 2 heteroatoms. The van der Waals surface area contributed by atoms with Crippen LogP contribution in [-0.2, 0) is 11.2 Å². The van der Waals surface area contributed by atoms with E-state index in [1.807, 2.05) is 0 Å². The Morgan fingerprint density at radius 3 is 2.50 bits per heavy atom. The molecule has 0 heterocycles. The molecular formula is C18H29NO. The largest absolute Gasteiger partial charge is 0.384 e. The summed E-state index contributed by atoms with van der Waals surface area (Å²) in [6.45, 7) is 0.785. The van der Waals surface area contributed by atoms with Crippen LogP contribution in [0.2, 0.25) is 0 Å². The first-order valence-corrected chi connectivity index (χ1v) is 8.13. The smallest absolute Gasteiger partial charge is 0.0502 e. The first-order valence-electron chi connectivity index (χ1n) is 8.13. The highest BCUT2D eigenvalue weighted by atomic mass is 16.5. The number of benzene rings is 1. The van der Waals surface area contributed by atoms with Gasteiger partial charge in [-0.1, -0.05) is 56.4 Å². The fourth-order valence-corrected chi connectivity index (χ4v) is 3.21. The second-order valence-corrected chi connectivity index (χ2v) is 6.17. The second kappa shape index (κ2) is 8.43. The highest BCUT2D eigenvalue weighted by Crippen LogP contribution is 2.29. The zero-order chi connectivity index (χ0) is 14.2. The fourth-order valence-electron chi connectivity index (χ4n) is 3.21. The number of hydrogen-bond acceptors (Lipinski definition) is 2. The topological polar surface area (TPSA) is 35.2 Å². The zero-order valence-electron chi connectivity index (χ0n) is 12.8. The van der Waals surface area contributed by atoms with Crippen LogP contribution in [0.15, 0.2) is 24.3 Å². The van der Waals surface area contributed by atoms with Crippen molar-refractivity contribution in [2.24, 2.45) is 11.7 Å². The van der Waals surface area contributed by atoms with Crippen LogP contribution in [0, 0.1) is 5.92 Å². The predicted molar refractivity (Wildman–Crippen MR) is 84.8 cm³/mol. The molecule has 1 aliphatic carbocycles. The molecule has 0 spiro atoms. The third-order valence-electron chi connectivity index (χ3n) is 4.61. The molecule has 1 fully saturated rings. The lowest BCUT2D eigenvalue weighted by Gasteiger charge is -2.23. The van der Waals surface area contributed by atoms with E-state index in [-0.39, 0.29) is 6.04 Å². The maximum atomic E-state index is 6.34. The van der Waals surface area contributed by atoms with E-state index in [0.29, 0.717) is 0 Å². The van der Waals surface area contributed by atoms with Crippen molar-refractivity contribution in [2.45, 2.75) is 57.4 Å². The molecule has 2 rings (SSSR count). The van der Waals surface area contributed by atoms with Crippen molar-refractivity contribution in [1.82, 2.24) is 0 Å². The van der Waals surface area contributed by atoms with Crippen LogP contribution in [0.25, 0.3) is 0 Å². The van der Waals surface area contributed by atoms with Crippen LogP contribution in [0.1, 0.15) is 62.1 Å². The summed E-state index contributed by atoms with van der Waals surface area (Å²) in [6, 6.07) is 8.96. The first kappa shape index (κ1) is 15.5. The minimum atomic E-state index is 0.202. The van der Waals surface area contributed by atoms with E-state index in [9.17, 15) is 0 Å². The summed E-state index contributed by atoms with van der Waals surface area (Å²) >= 11 is 0. The molecule has 0 bridgehead atoms. The Morgan fingerprint density at radius 2 is 1.85 bits per heavy atom. The average Bonchev–Trinajstić information content (AvgIpc) is 2.52. The minimum Gasteiger partial charge on any atom is -0.384 e. The summed E-state index contributed by atoms with van der Waals surface area (Å²) in [5.74, 6) is 0.927. The lowest BCUT2D eigenvalue weighted by Crippen LogP contribution is -2.14. The predicted octanol–water partition coefficient (Wildman–Crippen LogP) is 4.24. The van der Waals surface area contributed by atoms with Gasteiger partial charge in [0.25, 0.3) is 0 Å². The molecule has 0 radical (unpaired) electrons. The third kappa shape index (κ3) is 4.92. The molecule has 20 heavy (non-hydrogen) atoms. The van der Waals surface area contributed by atoms with Gasteiger partial charge in [0.1, 0.15) is 0 Å².